The Bertz CT molecular complexity index is 1270. The van der Waals surface area contributed by atoms with Gasteiger partial charge in [0.05, 0.1) is 11.5 Å². The summed E-state index contributed by atoms with van der Waals surface area (Å²) in [4.78, 5) is 0.237. The third kappa shape index (κ3) is 6.74. The minimum atomic E-state index is -3.63. The molecule has 0 spiro atoms. The van der Waals surface area contributed by atoms with Gasteiger partial charge in [-0.3, -0.25) is 4.18 Å². The molecule has 0 unspecified atom stereocenters. The molecule has 0 atom stereocenters. The zero-order chi connectivity index (χ0) is 24.5. The third-order valence-electron chi connectivity index (χ3n) is 6.75. The number of hydrogen-bond acceptors (Lipinski definition) is 3. The first-order valence-electron chi connectivity index (χ1n) is 13.0. The summed E-state index contributed by atoms with van der Waals surface area (Å²) in [5.74, 6) is 0. The van der Waals surface area contributed by atoms with Gasteiger partial charge in [0.15, 0.2) is 0 Å². The molecule has 0 saturated heterocycles. The van der Waals surface area contributed by atoms with Crippen molar-refractivity contribution in [2.75, 3.05) is 6.61 Å². The van der Waals surface area contributed by atoms with Crippen molar-refractivity contribution in [1.82, 2.24) is 4.57 Å². The van der Waals surface area contributed by atoms with Crippen molar-refractivity contribution in [3.63, 3.8) is 0 Å². The predicted molar refractivity (Wildman–Crippen MR) is 145 cm³/mol. The molecule has 0 fully saturated rings. The number of aryl methyl sites for hydroxylation is 2. The van der Waals surface area contributed by atoms with Gasteiger partial charge in [0.25, 0.3) is 10.1 Å². The van der Waals surface area contributed by atoms with Crippen molar-refractivity contribution in [3.05, 3.63) is 78.4 Å². The second kappa shape index (κ2) is 12.4. The molecule has 4 rings (SSSR count). The molecule has 0 amide bonds. The Morgan fingerprint density at radius 1 is 0.629 bits per heavy atom. The van der Waals surface area contributed by atoms with E-state index in [1.807, 2.05) is 6.92 Å². The van der Waals surface area contributed by atoms with Crippen LogP contribution in [0.3, 0.4) is 0 Å². The molecule has 1 heterocycles. The summed E-state index contributed by atoms with van der Waals surface area (Å²) in [6.07, 6.45) is 10.4. The number of rotatable bonds is 14. The standard InChI is InChI=1S/C30H37NO3S/c1-25-19-21-26(22-20-25)35(32,33)34-24-14-8-6-4-2-3-5-7-13-23-31-29-17-11-9-15-27(29)28-16-10-12-18-30(28)31/h9-12,15-22H,2-8,13-14,23-24H2,1H3. The number of benzene rings is 3. The maximum absolute atomic E-state index is 12.2. The van der Waals surface area contributed by atoms with E-state index in [0.717, 1.165) is 31.4 Å². The Balaban J connectivity index is 1.07. The highest BCUT2D eigenvalue weighted by Gasteiger charge is 2.14. The van der Waals surface area contributed by atoms with Crippen LogP contribution in [0.15, 0.2) is 77.7 Å². The van der Waals surface area contributed by atoms with E-state index in [-0.39, 0.29) is 11.5 Å². The van der Waals surface area contributed by atoms with Crippen molar-refractivity contribution in [2.24, 2.45) is 0 Å². The van der Waals surface area contributed by atoms with Crippen molar-refractivity contribution >= 4 is 31.9 Å². The smallest absolute Gasteiger partial charge is 0.296 e. The van der Waals surface area contributed by atoms with Crippen LogP contribution in [-0.4, -0.2) is 19.6 Å². The van der Waals surface area contributed by atoms with Crippen LogP contribution in [0.5, 0.6) is 0 Å². The van der Waals surface area contributed by atoms with E-state index in [1.54, 1.807) is 24.3 Å². The summed E-state index contributed by atoms with van der Waals surface area (Å²) in [7, 11) is -3.63. The van der Waals surface area contributed by atoms with Gasteiger partial charge in [0, 0.05) is 28.4 Å². The lowest BCUT2D eigenvalue weighted by Gasteiger charge is -2.08. The monoisotopic (exact) mass is 491 g/mol. The highest BCUT2D eigenvalue weighted by molar-refractivity contribution is 7.86. The zero-order valence-corrected chi connectivity index (χ0v) is 21.6. The molecule has 1 aromatic heterocycles. The second-order valence-corrected chi connectivity index (χ2v) is 11.1. The van der Waals surface area contributed by atoms with Gasteiger partial charge in [-0.05, 0) is 44.0 Å². The van der Waals surface area contributed by atoms with Gasteiger partial charge >= 0.3 is 0 Å². The maximum atomic E-state index is 12.2. The number of unbranched alkanes of at least 4 members (excludes halogenated alkanes) is 8. The van der Waals surface area contributed by atoms with E-state index in [9.17, 15) is 8.42 Å². The third-order valence-corrected chi connectivity index (χ3v) is 8.08. The Hall–Kier alpha value is -2.63. The van der Waals surface area contributed by atoms with E-state index in [1.165, 1.54) is 60.3 Å². The topological polar surface area (TPSA) is 48.3 Å². The van der Waals surface area contributed by atoms with E-state index < -0.39 is 10.1 Å². The number of fused-ring (bicyclic) bond motifs is 3. The van der Waals surface area contributed by atoms with Crippen LogP contribution >= 0.6 is 0 Å². The molecule has 0 radical (unpaired) electrons. The maximum Gasteiger partial charge on any atom is 0.296 e. The van der Waals surface area contributed by atoms with Crippen molar-refractivity contribution < 1.29 is 12.6 Å². The summed E-state index contributed by atoms with van der Waals surface area (Å²) in [6.45, 7) is 3.27. The van der Waals surface area contributed by atoms with Crippen LogP contribution < -0.4 is 0 Å². The molecule has 35 heavy (non-hydrogen) atoms. The predicted octanol–water partition coefficient (Wildman–Crippen LogP) is 8.02. The summed E-state index contributed by atoms with van der Waals surface area (Å²) >= 11 is 0. The molecule has 0 N–H and O–H groups in total. The molecule has 4 aromatic rings. The molecule has 186 valence electrons. The van der Waals surface area contributed by atoms with Gasteiger partial charge in [-0.2, -0.15) is 8.42 Å². The van der Waals surface area contributed by atoms with Gasteiger partial charge in [0.2, 0.25) is 0 Å². The average molecular weight is 492 g/mol. The highest BCUT2D eigenvalue weighted by Crippen LogP contribution is 2.29. The van der Waals surface area contributed by atoms with Gasteiger partial charge in [-0.1, -0.05) is 99.0 Å². The van der Waals surface area contributed by atoms with Crippen LogP contribution in [0.1, 0.15) is 63.4 Å². The molecule has 0 aliphatic carbocycles. The van der Waals surface area contributed by atoms with Crippen LogP contribution in [0.25, 0.3) is 21.8 Å². The minimum absolute atomic E-state index is 0.237. The number of para-hydroxylation sites is 2. The summed E-state index contributed by atoms with van der Waals surface area (Å²) in [5.41, 5.74) is 3.71. The Kier molecular flexibility index (Phi) is 9.00. The second-order valence-electron chi connectivity index (χ2n) is 9.46. The first-order valence-corrected chi connectivity index (χ1v) is 14.4. The van der Waals surface area contributed by atoms with Crippen LogP contribution in [0.2, 0.25) is 0 Å². The lowest BCUT2D eigenvalue weighted by molar-refractivity contribution is 0.306. The van der Waals surface area contributed by atoms with E-state index in [2.05, 4.69) is 53.1 Å². The molecule has 3 aromatic carbocycles. The summed E-state index contributed by atoms with van der Waals surface area (Å²) in [6, 6.07) is 24.2. The molecule has 0 saturated carbocycles. The fourth-order valence-electron chi connectivity index (χ4n) is 4.80. The number of aromatic nitrogens is 1. The molecule has 0 aliphatic heterocycles. The van der Waals surface area contributed by atoms with Crippen LogP contribution in [0, 0.1) is 6.92 Å². The SMILES string of the molecule is Cc1ccc(S(=O)(=O)OCCCCCCCCCCCn2c3ccccc3c3ccccc32)cc1. The summed E-state index contributed by atoms with van der Waals surface area (Å²) in [5, 5.41) is 2.70. The van der Waals surface area contributed by atoms with E-state index in [0.29, 0.717) is 0 Å². The van der Waals surface area contributed by atoms with Crippen molar-refractivity contribution in [1.29, 1.82) is 0 Å². The fourth-order valence-corrected chi connectivity index (χ4v) is 5.74. The average Bonchev–Trinajstić information content (AvgIpc) is 3.19. The molecular weight excluding hydrogens is 454 g/mol. The van der Waals surface area contributed by atoms with Crippen LogP contribution in [0.4, 0.5) is 0 Å². The number of nitrogens with zero attached hydrogens (tertiary/aromatic N) is 1. The van der Waals surface area contributed by atoms with Crippen molar-refractivity contribution in [3.8, 4) is 0 Å². The first kappa shape index (κ1) is 25.5. The van der Waals surface area contributed by atoms with Gasteiger partial charge in [-0.25, -0.2) is 0 Å². The summed E-state index contributed by atoms with van der Waals surface area (Å²) < 4.78 is 32.0. The highest BCUT2D eigenvalue weighted by atomic mass is 32.2. The normalized spacial score (nSPS) is 12.0. The molecular formula is C30H37NO3S. The lowest BCUT2D eigenvalue weighted by atomic mass is 10.1. The molecule has 0 aliphatic rings. The number of hydrogen-bond donors (Lipinski definition) is 0. The molecule has 5 heteroatoms. The van der Waals surface area contributed by atoms with Gasteiger partial charge < -0.3 is 4.57 Å². The van der Waals surface area contributed by atoms with Crippen LogP contribution in [-0.2, 0) is 20.8 Å². The zero-order valence-electron chi connectivity index (χ0n) is 20.8. The fraction of sp³-hybridized carbons (Fsp3) is 0.400. The van der Waals surface area contributed by atoms with Gasteiger partial charge in [0.1, 0.15) is 0 Å². The van der Waals surface area contributed by atoms with E-state index in [4.69, 9.17) is 4.18 Å². The molecule has 0 bridgehead atoms. The Morgan fingerprint density at radius 2 is 1.11 bits per heavy atom. The Morgan fingerprint density at radius 3 is 1.69 bits per heavy atom. The quantitative estimate of drug-likeness (QED) is 0.132. The molecule has 4 nitrogen and oxygen atoms in total. The van der Waals surface area contributed by atoms with Crippen molar-refractivity contribution in [2.45, 2.75) is 76.2 Å². The van der Waals surface area contributed by atoms with Gasteiger partial charge in [-0.15, -0.1) is 0 Å². The lowest BCUT2D eigenvalue weighted by Crippen LogP contribution is -2.07. The largest absolute Gasteiger partial charge is 0.340 e. The minimum Gasteiger partial charge on any atom is -0.340 e. The Labute approximate surface area is 210 Å². The van der Waals surface area contributed by atoms with E-state index >= 15 is 0 Å². The first-order chi connectivity index (χ1) is 17.1.